The Labute approximate surface area is 204 Å². The Morgan fingerprint density at radius 3 is 1.09 bits per heavy atom. The van der Waals surface area contributed by atoms with E-state index in [2.05, 4.69) is 0 Å². The van der Waals surface area contributed by atoms with Gasteiger partial charge in [-0.15, -0.1) is 34.8 Å². The van der Waals surface area contributed by atoms with Gasteiger partial charge in [0.2, 0.25) is 0 Å². The van der Waals surface area contributed by atoms with Crippen LogP contribution in [-0.4, -0.2) is 17.6 Å². The lowest BCUT2D eigenvalue weighted by Crippen LogP contribution is -2.11. The zero-order valence-electron chi connectivity index (χ0n) is 17.4. The SMILES string of the molecule is O=P(Oc1ccccc1CCCl)(Oc1ccccc1CCCl)Oc1ccccc1CCCl. The van der Waals surface area contributed by atoms with Crippen molar-refractivity contribution in [3.05, 3.63) is 89.5 Å². The van der Waals surface area contributed by atoms with Gasteiger partial charge in [-0.3, -0.25) is 0 Å². The smallest absolute Gasteiger partial charge is 0.386 e. The van der Waals surface area contributed by atoms with Crippen molar-refractivity contribution < 1.29 is 18.1 Å². The lowest BCUT2D eigenvalue weighted by Gasteiger charge is -2.23. The van der Waals surface area contributed by atoms with Crippen LogP contribution in [0.5, 0.6) is 17.2 Å². The molecule has 4 nitrogen and oxygen atoms in total. The Morgan fingerprint density at radius 1 is 0.531 bits per heavy atom. The third-order valence-corrected chi connectivity index (χ3v) is 6.47. The molecule has 170 valence electrons. The van der Waals surface area contributed by atoms with Crippen LogP contribution in [0.1, 0.15) is 16.7 Å². The van der Waals surface area contributed by atoms with E-state index in [0.29, 0.717) is 54.2 Å². The molecule has 8 heteroatoms. The standard InChI is InChI=1S/C24H24Cl3O4P/c25-16-13-19-7-1-4-10-22(19)29-32(28,30-23-11-5-2-8-20(23)14-17-26)31-24-12-6-3-9-21(24)15-18-27/h1-12H,13-18H2. The number of phosphoric ester groups is 1. The van der Waals surface area contributed by atoms with Gasteiger partial charge in [-0.25, -0.2) is 0 Å². The lowest BCUT2D eigenvalue weighted by molar-refractivity contribution is 0.295. The molecule has 0 aromatic heterocycles. The van der Waals surface area contributed by atoms with Crippen LogP contribution in [0.2, 0.25) is 0 Å². The summed E-state index contributed by atoms with van der Waals surface area (Å²) in [5, 5.41) is 0. The highest BCUT2D eigenvalue weighted by Crippen LogP contribution is 2.51. The molecule has 0 spiro atoms. The van der Waals surface area contributed by atoms with Gasteiger partial charge in [-0.2, -0.15) is 4.57 Å². The molecule has 0 unspecified atom stereocenters. The molecule has 3 rings (SSSR count). The summed E-state index contributed by atoms with van der Waals surface area (Å²) in [5.41, 5.74) is 2.41. The predicted octanol–water partition coefficient (Wildman–Crippen LogP) is 7.68. The average molecular weight is 514 g/mol. The summed E-state index contributed by atoms with van der Waals surface area (Å²) < 4.78 is 31.9. The van der Waals surface area contributed by atoms with E-state index < -0.39 is 7.82 Å². The maximum atomic E-state index is 14.0. The molecular weight excluding hydrogens is 490 g/mol. The Balaban J connectivity index is 2.01. The number of hydrogen-bond acceptors (Lipinski definition) is 4. The number of phosphoric acid groups is 1. The molecule has 0 bridgehead atoms. The van der Waals surface area contributed by atoms with Crippen LogP contribution in [0.3, 0.4) is 0 Å². The van der Waals surface area contributed by atoms with Gasteiger partial charge in [0.1, 0.15) is 17.2 Å². The molecule has 3 aromatic carbocycles. The van der Waals surface area contributed by atoms with Crippen molar-refractivity contribution in [1.82, 2.24) is 0 Å². The van der Waals surface area contributed by atoms with E-state index in [1.54, 1.807) is 36.4 Å². The quantitative estimate of drug-likeness (QED) is 0.184. The van der Waals surface area contributed by atoms with Gasteiger partial charge >= 0.3 is 7.82 Å². The molecule has 0 saturated carbocycles. The normalized spacial score (nSPS) is 11.2. The fourth-order valence-corrected chi connectivity index (χ4v) is 5.10. The van der Waals surface area contributed by atoms with Gasteiger partial charge in [0, 0.05) is 17.6 Å². The number of hydrogen-bond donors (Lipinski definition) is 0. The van der Waals surface area contributed by atoms with Gasteiger partial charge < -0.3 is 13.6 Å². The van der Waals surface area contributed by atoms with Gasteiger partial charge in [-0.05, 0) is 54.2 Å². The summed E-state index contributed by atoms with van der Waals surface area (Å²) in [6.45, 7) is 0. The predicted molar refractivity (Wildman–Crippen MR) is 132 cm³/mol. The van der Waals surface area contributed by atoms with E-state index >= 15 is 0 Å². The summed E-state index contributed by atoms with van der Waals surface area (Å²) in [5.74, 6) is 2.35. The molecular formula is C24H24Cl3O4P. The second kappa shape index (κ2) is 12.4. The third-order valence-electron chi connectivity index (χ3n) is 4.64. The molecule has 0 heterocycles. The van der Waals surface area contributed by atoms with Crippen molar-refractivity contribution in [3.63, 3.8) is 0 Å². The lowest BCUT2D eigenvalue weighted by atomic mass is 10.1. The molecule has 0 aliphatic carbocycles. The molecule has 3 aromatic rings. The first-order chi connectivity index (χ1) is 15.6. The number of para-hydroxylation sites is 3. The second-order valence-corrected chi connectivity index (χ2v) is 9.44. The third kappa shape index (κ3) is 6.83. The Bertz CT molecular complexity index is 929. The minimum atomic E-state index is -4.17. The van der Waals surface area contributed by atoms with Gasteiger partial charge in [-0.1, -0.05) is 54.6 Å². The number of rotatable bonds is 12. The maximum Gasteiger partial charge on any atom is 0.647 e. The van der Waals surface area contributed by atoms with Crippen LogP contribution in [0, 0.1) is 0 Å². The van der Waals surface area contributed by atoms with Crippen molar-refractivity contribution in [3.8, 4) is 17.2 Å². The molecule has 0 radical (unpaired) electrons. The number of aryl methyl sites for hydroxylation is 3. The Kier molecular flexibility index (Phi) is 9.62. The highest BCUT2D eigenvalue weighted by Gasteiger charge is 2.35. The fraction of sp³-hybridized carbons (Fsp3) is 0.250. The molecule has 32 heavy (non-hydrogen) atoms. The molecule has 0 aliphatic heterocycles. The average Bonchev–Trinajstić information content (AvgIpc) is 2.78. The zero-order valence-corrected chi connectivity index (χ0v) is 20.5. The molecule has 0 amide bonds. The van der Waals surface area contributed by atoms with Gasteiger partial charge in [0.05, 0.1) is 0 Å². The van der Waals surface area contributed by atoms with Gasteiger partial charge in [0.15, 0.2) is 0 Å². The summed E-state index contributed by atoms with van der Waals surface area (Å²) in [7, 11) is -4.17. The van der Waals surface area contributed by atoms with E-state index in [-0.39, 0.29) is 0 Å². The first-order valence-corrected chi connectivity index (χ1v) is 13.3. The summed E-state index contributed by atoms with van der Waals surface area (Å²) in [4.78, 5) is 0. The van der Waals surface area contributed by atoms with Crippen LogP contribution in [-0.2, 0) is 23.8 Å². The number of halogens is 3. The topological polar surface area (TPSA) is 44.8 Å². The summed E-state index contributed by atoms with van der Waals surface area (Å²) in [6.07, 6.45) is 1.64. The first kappa shape index (κ1) is 24.8. The molecule has 0 aliphatic rings. The van der Waals surface area contributed by atoms with Crippen LogP contribution < -0.4 is 13.6 Å². The van der Waals surface area contributed by atoms with Crippen molar-refractivity contribution in [2.45, 2.75) is 19.3 Å². The maximum absolute atomic E-state index is 14.0. The van der Waals surface area contributed by atoms with Crippen molar-refractivity contribution >= 4 is 42.6 Å². The Hall–Kier alpha value is -1.84. The minimum absolute atomic E-state index is 0.390. The van der Waals surface area contributed by atoms with E-state index in [1.165, 1.54) is 0 Å². The monoisotopic (exact) mass is 512 g/mol. The van der Waals surface area contributed by atoms with Crippen LogP contribution in [0.15, 0.2) is 72.8 Å². The fourth-order valence-electron chi connectivity index (χ4n) is 3.12. The van der Waals surface area contributed by atoms with Gasteiger partial charge in [0.25, 0.3) is 0 Å². The molecule has 0 atom stereocenters. The van der Waals surface area contributed by atoms with Crippen molar-refractivity contribution in [2.24, 2.45) is 0 Å². The van der Waals surface area contributed by atoms with Crippen LogP contribution in [0.4, 0.5) is 0 Å². The van der Waals surface area contributed by atoms with Crippen LogP contribution >= 0.6 is 42.6 Å². The number of benzene rings is 3. The highest BCUT2D eigenvalue weighted by molar-refractivity contribution is 7.49. The van der Waals surface area contributed by atoms with E-state index in [4.69, 9.17) is 48.4 Å². The van der Waals surface area contributed by atoms with Crippen molar-refractivity contribution in [2.75, 3.05) is 17.6 Å². The molecule has 0 N–H and O–H groups in total. The Morgan fingerprint density at radius 2 is 0.812 bits per heavy atom. The van der Waals surface area contributed by atoms with E-state index in [1.807, 2.05) is 36.4 Å². The summed E-state index contributed by atoms with van der Waals surface area (Å²) >= 11 is 17.8. The van der Waals surface area contributed by atoms with Crippen molar-refractivity contribution in [1.29, 1.82) is 0 Å². The zero-order chi connectivity index (χ0) is 22.8. The number of alkyl halides is 3. The molecule has 0 saturated heterocycles. The highest BCUT2D eigenvalue weighted by atomic mass is 35.5. The minimum Gasteiger partial charge on any atom is -0.386 e. The van der Waals surface area contributed by atoms with E-state index in [9.17, 15) is 4.57 Å². The van der Waals surface area contributed by atoms with Crippen LogP contribution in [0.25, 0.3) is 0 Å². The molecule has 0 fully saturated rings. The van der Waals surface area contributed by atoms with E-state index in [0.717, 1.165) is 16.7 Å². The first-order valence-electron chi connectivity index (χ1n) is 10.2. The summed E-state index contributed by atoms with van der Waals surface area (Å²) in [6, 6.07) is 21.7. The second-order valence-electron chi connectivity index (χ2n) is 6.86. The largest absolute Gasteiger partial charge is 0.647 e.